The Morgan fingerprint density at radius 2 is 1.35 bits per heavy atom. The van der Waals surface area contributed by atoms with E-state index in [9.17, 15) is 14.4 Å². The summed E-state index contributed by atoms with van der Waals surface area (Å²) >= 11 is 0. The number of rotatable bonds is 9. The molecule has 5 nitrogen and oxygen atoms in total. The minimum Gasteiger partial charge on any atom is -0.456 e. The third-order valence-electron chi connectivity index (χ3n) is 4.98. The van der Waals surface area contributed by atoms with E-state index >= 15 is 0 Å². The first-order valence-electron chi connectivity index (χ1n) is 10.2. The number of aryl methyl sites for hydroxylation is 1. The fraction of sp³-hybridized carbons (Fsp3) is 0.192. The molecule has 3 aromatic rings. The molecular weight excluding hydrogens is 390 g/mol. The van der Waals surface area contributed by atoms with Crippen molar-refractivity contribution in [1.29, 1.82) is 0 Å². The standard InChI is InChI=1S/C26H25NO4/c1-2-19-13-15-20(16-14-19)23(28)18-31-24(29)17-27-26(30)25(21-9-5-3-6-10-21)22-11-7-4-8-12-22/h3-16,25H,2,17-18H2,1H3,(H,27,30). The van der Waals surface area contributed by atoms with Crippen LogP contribution in [0.2, 0.25) is 0 Å². The van der Waals surface area contributed by atoms with Crippen molar-refractivity contribution < 1.29 is 19.1 Å². The number of hydrogen-bond donors (Lipinski definition) is 1. The molecular formula is C26H25NO4. The van der Waals surface area contributed by atoms with Crippen molar-refractivity contribution in [3.05, 3.63) is 107 Å². The van der Waals surface area contributed by atoms with Crippen LogP contribution in [0.15, 0.2) is 84.9 Å². The van der Waals surface area contributed by atoms with E-state index in [2.05, 4.69) is 5.32 Å². The van der Waals surface area contributed by atoms with E-state index in [1.807, 2.05) is 79.7 Å². The van der Waals surface area contributed by atoms with Crippen molar-refractivity contribution in [3.63, 3.8) is 0 Å². The lowest BCUT2D eigenvalue weighted by molar-refractivity contribution is -0.142. The Morgan fingerprint density at radius 3 is 1.87 bits per heavy atom. The predicted molar refractivity (Wildman–Crippen MR) is 119 cm³/mol. The Hall–Kier alpha value is -3.73. The smallest absolute Gasteiger partial charge is 0.325 e. The molecule has 31 heavy (non-hydrogen) atoms. The summed E-state index contributed by atoms with van der Waals surface area (Å²) in [7, 11) is 0. The summed E-state index contributed by atoms with van der Waals surface area (Å²) < 4.78 is 5.05. The highest BCUT2D eigenvalue weighted by Crippen LogP contribution is 2.24. The fourth-order valence-electron chi connectivity index (χ4n) is 3.25. The van der Waals surface area contributed by atoms with Crippen LogP contribution in [0.5, 0.6) is 0 Å². The lowest BCUT2D eigenvalue weighted by atomic mass is 9.90. The Kier molecular flexibility index (Phi) is 7.71. The third kappa shape index (κ3) is 6.12. The van der Waals surface area contributed by atoms with Gasteiger partial charge >= 0.3 is 5.97 Å². The number of carbonyl (C=O) groups is 3. The topological polar surface area (TPSA) is 72.5 Å². The molecule has 0 aliphatic carbocycles. The van der Waals surface area contributed by atoms with Crippen molar-refractivity contribution in [2.75, 3.05) is 13.2 Å². The molecule has 0 bridgehead atoms. The van der Waals surface area contributed by atoms with Crippen LogP contribution < -0.4 is 5.32 Å². The molecule has 3 rings (SSSR count). The quantitative estimate of drug-likeness (QED) is 0.425. The second kappa shape index (κ2) is 10.9. The van der Waals surface area contributed by atoms with Gasteiger partial charge in [-0.25, -0.2) is 0 Å². The molecule has 0 aliphatic heterocycles. The van der Waals surface area contributed by atoms with E-state index in [1.54, 1.807) is 12.1 Å². The molecule has 0 aliphatic rings. The number of esters is 1. The molecule has 0 spiro atoms. The number of carbonyl (C=O) groups excluding carboxylic acids is 3. The van der Waals surface area contributed by atoms with E-state index in [4.69, 9.17) is 4.74 Å². The van der Waals surface area contributed by atoms with Gasteiger partial charge in [0.2, 0.25) is 5.91 Å². The average Bonchev–Trinajstić information content (AvgIpc) is 2.83. The molecule has 0 fully saturated rings. The second-order valence-electron chi connectivity index (χ2n) is 7.11. The van der Waals surface area contributed by atoms with Gasteiger partial charge in [0.05, 0.1) is 5.92 Å². The van der Waals surface area contributed by atoms with E-state index in [0.717, 1.165) is 23.1 Å². The molecule has 0 saturated carbocycles. The van der Waals surface area contributed by atoms with Crippen LogP contribution in [0.1, 0.15) is 39.9 Å². The Morgan fingerprint density at radius 1 is 0.806 bits per heavy atom. The molecule has 0 aromatic heterocycles. The normalized spacial score (nSPS) is 10.5. The minimum atomic E-state index is -0.660. The molecule has 0 radical (unpaired) electrons. The molecule has 0 unspecified atom stereocenters. The van der Waals surface area contributed by atoms with Crippen LogP contribution in [-0.2, 0) is 20.7 Å². The molecule has 5 heteroatoms. The lowest BCUT2D eigenvalue weighted by Crippen LogP contribution is -2.35. The van der Waals surface area contributed by atoms with Crippen molar-refractivity contribution in [2.24, 2.45) is 0 Å². The van der Waals surface area contributed by atoms with Crippen LogP contribution >= 0.6 is 0 Å². The summed E-state index contributed by atoms with van der Waals surface area (Å²) in [5.74, 6) is -1.80. The Labute approximate surface area is 182 Å². The average molecular weight is 415 g/mol. The number of hydrogen-bond acceptors (Lipinski definition) is 4. The SMILES string of the molecule is CCc1ccc(C(=O)COC(=O)CNC(=O)C(c2ccccc2)c2ccccc2)cc1. The third-order valence-corrected chi connectivity index (χ3v) is 4.98. The van der Waals surface area contributed by atoms with Gasteiger partial charge in [0, 0.05) is 5.56 Å². The van der Waals surface area contributed by atoms with E-state index in [-0.39, 0.29) is 24.8 Å². The number of amides is 1. The van der Waals surface area contributed by atoms with Gasteiger partial charge < -0.3 is 10.1 Å². The molecule has 0 saturated heterocycles. The molecule has 1 N–H and O–H groups in total. The van der Waals surface area contributed by atoms with Gasteiger partial charge in [0.25, 0.3) is 0 Å². The van der Waals surface area contributed by atoms with E-state index < -0.39 is 11.9 Å². The van der Waals surface area contributed by atoms with Gasteiger partial charge in [-0.15, -0.1) is 0 Å². The molecule has 1 amide bonds. The summed E-state index contributed by atoms with van der Waals surface area (Å²) in [4.78, 5) is 37.2. The number of ketones is 1. The summed E-state index contributed by atoms with van der Waals surface area (Å²) in [6, 6.07) is 25.9. The highest BCUT2D eigenvalue weighted by atomic mass is 16.5. The molecule has 0 atom stereocenters. The summed E-state index contributed by atoms with van der Waals surface area (Å²) in [5.41, 5.74) is 3.26. The molecule has 3 aromatic carbocycles. The second-order valence-corrected chi connectivity index (χ2v) is 7.11. The maximum atomic E-state index is 12.9. The molecule has 158 valence electrons. The van der Waals surface area contributed by atoms with Crippen LogP contribution in [0, 0.1) is 0 Å². The van der Waals surface area contributed by atoms with Gasteiger partial charge in [0.15, 0.2) is 12.4 Å². The number of Topliss-reactive ketones (excluding diaryl/α,β-unsaturated/α-hetero) is 1. The first-order chi connectivity index (χ1) is 15.1. The van der Waals surface area contributed by atoms with Crippen molar-refractivity contribution in [1.82, 2.24) is 5.32 Å². The van der Waals surface area contributed by atoms with Crippen molar-refractivity contribution in [2.45, 2.75) is 19.3 Å². The highest BCUT2D eigenvalue weighted by molar-refractivity contribution is 5.98. The maximum absolute atomic E-state index is 12.9. The zero-order valence-corrected chi connectivity index (χ0v) is 17.4. The number of nitrogens with one attached hydrogen (secondary N) is 1. The van der Waals surface area contributed by atoms with E-state index in [1.165, 1.54) is 0 Å². The fourth-order valence-corrected chi connectivity index (χ4v) is 3.25. The van der Waals surface area contributed by atoms with Crippen molar-refractivity contribution >= 4 is 17.7 Å². The van der Waals surface area contributed by atoms with Crippen LogP contribution in [0.25, 0.3) is 0 Å². The summed E-state index contributed by atoms with van der Waals surface area (Å²) in [5, 5.41) is 2.63. The zero-order valence-electron chi connectivity index (χ0n) is 17.4. The van der Waals surface area contributed by atoms with Crippen LogP contribution in [0.4, 0.5) is 0 Å². The Balaban J connectivity index is 1.56. The summed E-state index contributed by atoms with van der Waals surface area (Å²) in [6.45, 7) is 1.37. The van der Waals surface area contributed by atoms with Gasteiger partial charge in [0.1, 0.15) is 6.54 Å². The van der Waals surface area contributed by atoms with Crippen molar-refractivity contribution in [3.8, 4) is 0 Å². The zero-order chi connectivity index (χ0) is 22.1. The lowest BCUT2D eigenvalue weighted by Gasteiger charge is -2.17. The largest absolute Gasteiger partial charge is 0.456 e. The Bertz CT molecular complexity index is 975. The summed E-state index contributed by atoms with van der Waals surface area (Å²) in [6.07, 6.45) is 0.885. The monoisotopic (exact) mass is 415 g/mol. The van der Waals surface area contributed by atoms with Gasteiger partial charge in [-0.05, 0) is 23.1 Å². The first-order valence-corrected chi connectivity index (χ1v) is 10.2. The molecule has 0 heterocycles. The highest BCUT2D eigenvalue weighted by Gasteiger charge is 2.23. The first kappa shape index (κ1) is 22.0. The number of ether oxygens (including phenoxy) is 1. The van der Waals surface area contributed by atoms with Crippen LogP contribution in [-0.4, -0.2) is 30.8 Å². The van der Waals surface area contributed by atoms with Gasteiger partial charge in [-0.1, -0.05) is 91.9 Å². The predicted octanol–water partition coefficient (Wildman–Crippen LogP) is 3.92. The minimum absolute atomic E-state index is 0.284. The van der Waals surface area contributed by atoms with E-state index in [0.29, 0.717) is 5.56 Å². The maximum Gasteiger partial charge on any atom is 0.325 e. The number of benzene rings is 3. The van der Waals surface area contributed by atoms with Gasteiger partial charge in [-0.2, -0.15) is 0 Å². The van der Waals surface area contributed by atoms with Crippen LogP contribution in [0.3, 0.4) is 0 Å². The van der Waals surface area contributed by atoms with Gasteiger partial charge in [-0.3, -0.25) is 14.4 Å².